The standard InChI is InChI=1S/C27H33N2O3P/c1-3-31-33(30,32-4-2)29-25-11-6-5-10-24(25)28-18-22-15-14-21-13-12-19-8-7-9-20-16-17-23(22)27(21)26(19)20/h7-9,12-17,24-25,28H,3-6,10-11,18H2,1-2H3,(H,29,30). The van der Waals surface area contributed by atoms with Crippen molar-refractivity contribution >= 4 is 40.1 Å². The van der Waals surface area contributed by atoms with Crippen LogP contribution < -0.4 is 10.4 Å². The molecule has 2 N–H and O–H groups in total. The molecule has 0 amide bonds. The van der Waals surface area contributed by atoms with Gasteiger partial charge in [0.15, 0.2) is 0 Å². The van der Waals surface area contributed by atoms with Gasteiger partial charge in [0, 0.05) is 18.6 Å². The van der Waals surface area contributed by atoms with Gasteiger partial charge in [-0.2, -0.15) is 0 Å². The molecule has 1 aliphatic rings. The minimum Gasteiger partial charge on any atom is -0.308 e. The third kappa shape index (κ3) is 4.53. The van der Waals surface area contributed by atoms with E-state index in [1.807, 2.05) is 13.8 Å². The van der Waals surface area contributed by atoms with Gasteiger partial charge in [-0.15, -0.1) is 0 Å². The van der Waals surface area contributed by atoms with Gasteiger partial charge >= 0.3 is 7.75 Å². The minimum atomic E-state index is -3.29. The van der Waals surface area contributed by atoms with E-state index in [2.05, 4.69) is 65.0 Å². The molecule has 0 aromatic heterocycles. The molecule has 4 aromatic carbocycles. The molecule has 5 nitrogen and oxygen atoms in total. The van der Waals surface area contributed by atoms with Crippen LogP contribution in [0.2, 0.25) is 0 Å². The highest BCUT2D eigenvalue weighted by molar-refractivity contribution is 7.51. The summed E-state index contributed by atoms with van der Waals surface area (Å²) in [6.45, 7) is 5.18. The van der Waals surface area contributed by atoms with E-state index in [1.165, 1.54) is 44.3 Å². The third-order valence-corrected chi connectivity index (χ3v) is 8.71. The van der Waals surface area contributed by atoms with Crippen molar-refractivity contribution in [3.8, 4) is 0 Å². The van der Waals surface area contributed by atoms with E-state index in [0.717, 1.165) is 25.8 Å². The Bertz CT molecular complexity index is 1260. The lowest BCUT2D eigenvalue weighted by molar-refractivity contribution is 0.195. The maximum absolute atomic E-state index is 13.1. The van der Waals surface area contributed by atoms with Crippen molar-refractivity contribution in [2.24, 2.45) is 0 Å². The van der Waals surface area contributed by atoms with Gasteiger partial charge in [0.25, 0.3) is 0 Å². The van der Waals surface area contributed by atoms with Crippen LogP contribution in [0.3, 0.4) is 0 Å². The summed E-state index contributed by atoms with van der Waals surface area (Å²) in [7, 11) is -3.29. The smallest absolute Gasteiger partial charge is 0.308 e. The predicted octanol–water partition coefficient (Wildman–Crippen LogP) is 6.76. The fourth-order valence-electron chi connectivity index (χ4n) is 5.38. The Hall–Kier alpha value is -2.01. The molecule has 0 aliphatic heterocycles. The van der Waals surface area contributed by atoms with Crippen LogP contribution in [0.25, 0.3) is 32.3 Å². The molecule has 33 heavy (non-hydrogen) atoms. The van der Waals surface area contributed by atoms with E-state index in [4.69, 9.17) is 9.05 Å². The molecule has 2 atom stereocenters. The Balaban J connectivity index is 1.40. The van der Waals surface area contributed by atoms with E-state index < -0.39 is 7.75 Å². The van der Waals surface area contributed by atoms with E-state index in [1.54, 1.807) is 0 Å². The van der Waals surface area contributed by atoms with Crippen LogP contribution in [-0.4, -0.2) is 25.3 Å². The maximum atomic E-state index is 13.1. The molecule has 6 heteroatoms. The van der Waals surface area contributed by atoms with Gasteiger partial charge in [-0.05, 0) is 64.6 Å². The average Bonchev–Trinajstić information content (AvgIpc) is 2.82. The van der Waals surface area contributed by atoms with E-state index in [9.17, 15) is 4.57 Å². The highest BCUT2D eigenvalue weighted by Crippen LogP contribution is 2.45. The number of rotatable bonds is 9. The van der Waals surface area contributed by atoms with Gasteiger partial charge in [0.2, 0.25) is 0 Å². The first-order valence-corrected chi connectivity index (χ1v) is 13.7. The van der Waals surface area contributed by atoms with Crippen LogP contribution in [0.5, 0.6) is 0 Å². The molecule has 0 saturated heterocycles. The van der Waals surface area contributed by atoms with Crippen LogP contribution in [0.15, 0.2) is 54.6 Å². The van der Waals surface area contributed by atoms with Gasteiger partial charge in [-0.1, -0.05) is 67.4 Å². The Labute approximate surface area is 195 Å². The Kier molecular flexibility index (Phi) is 6.69. The van der Waals surface area contributed by atoms with Crippen LogP contribution in [0.1, 0.15) is 45.1 Å². The van der Waals surface area contributed by atoms with Crippen molar-refractivity contribution in [1.82, 2.24) is 10.4 Å². The zero-order chi connectivity index (χ0) is 22.8. The molecule has 1 fully saturated rings. The molecular formula is C27H33N2O3P. The van der Waals surface area contributed by atoms with Crippen molar-refractivity contribution in [3.05, 3.63) is 60.2 Å². The first kappa shape index (κ1) is 22.8. The number of hydrogen-bond donors (Lipinski definition) is 2. The van der Waals surface area contributed by atoms with Crippen molar-refractivity contribution in [3.63, 3.8) is 0 Å². The normalized spacial score (nSPS) is 19.7. The zero-order valence-corrected chi connectivity index (χ0v) is 20.4. The molecule has 1 saturated carbocycles. The second kappa shape index (κ2) is 9.69. The van der Waals surface area contributed by atoms with Crippen molar-refractivity contribution < 1.29 is 13.6 Å². The van der Waals surface area contributed by atoms with Gasteiger partial charge in [-0.25, -0.2) is 9.65 Å². The first-order valence-electron chi connectivity index (χ1n) is 12.2. The molecule has 5 rings (SSSR count). The Morgan fingerprint density at radius 1 is 0.818 bits per heavy atom. The monoisotopic (exact) mass is 464 g/mol. The van der Waals surface area contributed by atoms with Gasteiger partial charge in [0.1, 0.15) is 0 Å². The lowest BCUT2D eigenvalue weighted by atomic mass is 9.90. The van der Waals surface area contributed by atoms with Gasteiger partial charge in [0.05, 0.1) is 13.2 Å². The molecule has 0 radical (unpaired) electrons. The molecule has 2 unspecified atom stereocenters. The SMILES string of the molecule is CCOP(=O)(NC1CCCCC1NCc1ccc2ccc3cccc4ccc1c2c34)OCC. The predicted molar refractivity (Wildman–Crippen MR) is 137 cm³/mol. The number of benzene rings is 4. The lowest BCUT2D eigenvalue weighted by Gasteiger charge is -2.35. The van der Waals surface area contributed by atoms with Crippen LogP contribution in [-0.2, 0) is 20.2 Å². The van der Waals surface area contributed by atoms with Gasteiger partial charge < -0.3 is 5.32 Å². The fraction of sp³-hybridized carbons (Fsp3) is 0.407. The van der Waals surface area contributed by atoms with Gasteiger partial charge in [-0.3, -0.25) is 9.05 Å². The summed E-state index contributed by atoms with van der Waals surface area (Å²) < 4.78 is 24.1. The van der Waals surface area contributed by atoms with E-state index >= 15 is 0 Å². The molecule has 4 aromatic rings. The van der Waals surface area contributed by atoms with Crippen LogP contribution in [0, 0.1) is 0 Å². The van der Waals surface area contributed by atoms with Crippen molar-refractivity contribution in [2.45, 2.75) is 58.2 Å². The van der Waals surface area contributed by atoms with E-state index in [0.29, 0.717) is 13.2 Å². The lowest BCUT2D eigenvalue weighted by Crippen LogP contribution is -2.48. The minimum absolute atomic E-state index is 0.0578. The summed E-state index contributed by atoms with van der Waals surface area (Å²) in [4.78, 5) is 0. The van der Waals surface area contributed by atoms with Crippen LogP contribution in [0.4, 0.5) is 0 Å². The second-order valence-corrected chi connectivity index (χ2v) is 10.7. The third-order valence-electron chi connectivity index (χ3n) is 6.86. The zero-order valence-electron chi connectivity index (χ0n) is 19.5. The Morgan fingerprint density at radius 2 is 1.42 bits per heavy atom. The average molecular weight is 465 g/mol. The van der Waals surface area contributed by atoms with Crippen molar-refractivity contribution in [1.29, 1.82) is 0 Å². The highest BCUT2D eigenvalue weighted by Gasteiger charge is 2.33. The summed E-state index contributed by atoms with van der Waals surface area (Å²) in [6, 6.07) is 20.2. The molecule has 174 valence electrons. The summed E-state index contributed by atoms with van der Waals surface area (Å²) >= 11 is 0. The van der Waals surface area contributed by atoms with Crippen LogP contribution >= 0.6 is 7.75 Å². The van der Waals surface area contributed by atoms with E-state index in [-0.39, 0.29) is 12.1 Å². The first-order chi connectivity index (χ1) is 16.1. The largest absolute Gasteiger partial charge is 0.405 e. The quantitative estimate of drug-likeness (QED) is 0.212. The highest BCUT2D eigenvalue weighted by atomic mass is 31.2. The number of nitrogens with one attached hydrogen (secondary N) is 2. The molecular weight excluding hydrogens is 431 g/mol. The summed E-state index contributed by atoms with van der Waals surface area (Å²) in [5.41, 5.74) is 1.29. The topological polar surface area (TPSA) is 59.6 Å². The molecule has 1 aliphatic carbocycles. The Morgan fingerprint density at radius 3 is 2.12 bits per heavy atom. The summed E-state index contributed by atoms with van der Waals surface area (Å²) in [5.74, 6) is 0. The summed E-state index contributed by atoms with van der Waals surface area (Å²) in [6.07, 6.45) is 4.29. The molecule has 0 bridgehead atoms. The maximum Gasteiger partial charge on any atom is 0.405 e. The summed E-state index contributed by atoms with van der Waals surface area (Å²) in [5, 5.41) is 14.9. The molecule has 0 heterocycles. The molecule has 0 spiro atoms. The number of hydrogen-bond acceptors (Lipinski definition) is 4. The second-order valence-electron chi connectivity index (χ2n) is 8.92. The van der Waals surface area contributed by atoms with Crippen molar-refractivity contribution in [2.75, 3.05) is 13.2 Å². The fourth-order valence-corrected chi connectivity index (χ4v) is 6.99.